The highest BCUT2D eigenvalue weighted by Crippen LogP contribution is 2.42. The zero-order valence-corrected chi connectivity index (χ0v) is 12.5. The molecule has 1 aromatic rings. The van der Waals surface area contributed by atoms with Crippen LogP contribution in [0.4, 0.5) is 0 Å². The molecule has 0 spiro atoms. The molecule has 0 aliphatic heterocycles. The van der Waals surface area contributed by atoms with Gasteiger partial charge in [0.15, 0.2) is 11.5 Å². The van der Waals surface area contributed by atoms with Gasteiger partial charge in [0.25, 0.3) is 0 Å². The highest BCUT2D eigenvalue weighted by Gasteiger charge is 2.19. The zero-order chi connectivity index (χ0) is 14.4. The number of hydrogen-bond acceptors (Lipinski definition) is 4. The molecular formula is C15H25NO3. The van der Waals surface area contributed by atoms with Crippen LogP contribution >= 0.6 is 0 Å². The van der Waals surface area contributed by atoms with Crippen molar-refractivity contribution in [1.29, 1.82) is 0 Å². The predicted molar refractivity (Wildman–Crippen MR) is 77.1 cm³/mol. The van der Waals surface area contributed by atoms with Gasteiger partial charge in [0.2, 0.25) is 5.75 Å². The van der Waals surface area contributed by atoms with Gasteiger partial charge in [-0.05, 0) is 30.9 Å². The lowest BCUT2D eigenvalue weighted by Crippen LogP contribution is -2.13. The van der Waals surface area contributed by atoms with E-state index in [9.17, 15) is 0 Å². The molecule has 1 aromatic carbocycles. The Balaban J connectivity index is 3.06. The van der Waals surface area contributed by atoms with E-state index in [1.54, 1.807) is 21.3 Å². The second-order valence-electron chi connectivity index (χ2n) is 5.00. The lowest BCUT2D eigenvalue weighted by atomic mass is 9.97. The lowest BCUT2D eigenvalue weighted by Gasteiger charge is -2.20. The number of rotatable bonds is 7. The summed E-state index contributed by atoms with van der Waals surface area (Å²) in [7, 11) is 4.83. The molecule has 0 aromatic heterocycles. The summed E-state index contributed by atoms with van der Waals surface area (Å²) in [5.41, 5.74) is 7.22. The van der Waals surface area contributed by atoms with Gasteiger partial charge in [0.05, 0.1) is 21.3 Å². The molecule has 4 nitrogen and oxygen atoms in total. The average molecular weight is 267 g/mol. The summed E-state index contributed by atoms with van der Waals surface area (Å²) in [4.78, 5) is 0. The van der Waals surface area contributed by atoms with Crippen molar-refractivity contribution in [1.82, 2.24) is 0 Å². The summed E-state index contributed by atoms with van der Waals surface area (Å²) >= 11 is 0. The maximum Gasteiger partial charge on any atom is 0.203 e. The highest BCUT2D eigenvalue weighted by molar-refractivity contribution is 5.56. The Morgan fingerprint density at radius 2 is 1.58 bits per heavy atom. The van der Waals surface area contributed by atoms with Crippen LogP contribution in [0.3, 0.4) is 0 Å². The zero-order valence-electron chi connectivity index (χ0n) is 12.5. The minimum atomic E-state index is -0.0582. The van der Waals surface area contributed by atoms with Crippen LogP contribution in [0.15, 0.2) is 12.1 Å². The summed E-state index contributed by atoms with van der Waals surface area (Å²) < 4.78 is 16.1. The van der Waals surface area contributed by atoms with Crippen molar-refractivity contribution in [2.75, 3.05) is 21.3 Å². The van der Waals surface area contributed by atoms with Crippen LogP contribution in [0.1, 0.15) is 38.3 Å². The molecule has 19 heavy (non-hydrogen) atoms. The van der Waals surface area contributed by atoms with Crippen LogP contribution in [0.25, 0.3) is 0 Å². The van der Waals surface area contributed by atoms with Gasteiger partial charge in [0.1, 0.15) is 0 Å². The van der Waals surface area contributed by atoms with Gasteiger partial charge in [-0.1, -0.05) is 13.8 Å². The Morgan fingerprint density at radius 3 is 2.05 bits per heavy atom. The minimum absolute atomic E-state index is 0.0582. The van der Waals surface area contributed by atoms with Gasteiger partial charge in [-0.3, -0.25) is 0 Å². The monoisotopic (exact) mass is 267 g/mol. The van der Waals surface area contributed by atoms with Crippen molar-refractivity contribution in [3.05, 3.63) is 17.7 Å². The molecule has 0 bridgehead atoms. The van der Waals surface area contributed by atoms with Crippen LogP contribution in [0.5, 0.6) is 17.2 Å². The van der Waals surface area contributed by atoms with E-state index in [1.165, 1.54) is 0 Å². The summed E-state index contributed by atoms with van der Waals surface area (Å²) in [6.45, 7) is 4.39. The quantitative estimate of drug-likeness (QED) is 0.824. The molecule has 0 fully saturated rings. The fourth-order valence-corrected chi connectivity index (χ4v) is 2.08. The fourth-order valence-electron chi connectivity index (χ4n) is 2.08. The Hall–Kier alpha value is -1.42. The van der Waals surface area contributed by atoms with Crippen molar-refractivity contribution < 1.29 is 14.2 Å². The normalized spacial score (nSPS) is 12.4. The SMILES string of the molecule is COc1ccc(C(N)CCC(C)C)c(OC)c1OC. The Bertz CT molecular complexity index is 405. The third-order valence-corrected chi connectivity index (χ3v) is 3.19. The van der Waals surface area contributed by atoms with Crippen molar-refractivity contribution in [3.63, 3.8) is 0 Å². The molecule has 0 aliphatic carbocycles. The number of ether oxygens (including phenoxy) is 3. The third kappa shape index (κ3) is 3.77. The predicted octanol–water partition coefficient (Wildman–Crippen LogP) is 3.15. The molecule has 1 unspecified atom stereocenters. The van der Waals surface area contributed by atoms with Crippen molar-refractivity contribution in [3.8, 4) is 17.2 Å². The molecule has 4 heteroatoms. The molecule has 1 atom stereocenters. The molecule has 0 saturated heterocycles. The van der Waals surface area contributed by atoms with Gasteiger partial charge in [-0.15, -0.1) is 0 Å². The Kier molecular flexibility index (Phi) is 5.96. The standard InChI is InChI=1S/C15H25NO3/c1-10(2)6-8-12(16)11-7-9-13(17-3)15(19-5)14(11)18-4/h7,9-10,12H,6,8,16H2,1-5H3. The number of methoxy groups -OCH3 is 3. The Morgan fingerprint density at radius 1 is 0.947 bits per heavy atom. The summed E-state index contributed by atoms with van der Waals surface area (Å²) in [6, 6.07) is 3.76. The van der Waals surface area contributed by atoms with E-state index in [0.29, 0.717) is 23.2 Å². The van der Waals surface area contributed by atoms with E-state index in [0.717, 1.165) is 18.4 Å². The van der Waals surface area contributed by atoms with E-state index in [2.05, 4.69) is 13.8 Å². The molecule has 0 aliphatic rings. The maximum absolute atomic E-state index is 6.26. The molecule has 1 rings (SSSR count). The lowest BCUT2D eigenvalue weighted by molar-refractivity contribution is 0.320. The van der Waals surface area contributed by atoms with Gasteiger partial charge >= 0.3 is 0 Å². The molecule has 0 radical (unpaired) electrons. The van der Waals surface area contributed by atoms with E-state index in [-0.39, 0.29) is 6.04 Å². The van der Waals surface area contributed by atoms with E-state index in [4.69, 9.17) is 19.9 Å². The van der Waals surface area contributed by atoms with Gasteiger partial charge in [-0.25, -0.2) is 0 Å². The molecule has 0 amide bonds. The first-order valence-electron chi connectivity index (χ1n) is 6.59. The van der Waals surface area contributed by atoms with E-state index < -0.39 is 0 Å². The summed E-state index contributed by atoms with van der Waals surface area (Å²) in [5, 5.41) is 0. The van der Waals surface area contributed by atoms with Crippen LogP contribution in [0, 0.1) is 5.92 Å². The smallest absolute Gasteiger partial charge is 0.203 e. The van der Waals surface area contributed by atoms with E-state index in [1.807, 2.05) is 12.1 Å². The van der Waals surface area contributed by atoms with E-state index >= 15 is 0 Å². The van der Waals surface area contributed by atoms with Gasteiger partial charge in [-0.2, -0.15) is 0 Å². The largest absolute Gasteiger partial charge is 0.493 e. The summed E-state index contributed by atoms with van der Waals surface area (Å²) in [5.74, 6) is 2.55. The minimum Gasteiger partial charge on any atom is -0.493 e. The first-order valence-corrected chi connectivity index (χ1v) is 6.59. The highest BCUT2D eigenvalue weighted by atomic mass is 16.5. The fraction of sp³-hybridized carbons (Fsp3) is 0.600. The topological polar surface area (TPSA) is 53.7 Å². The molecule has 0 heterocycles. The number of benzene rings is 1. The molecule has 0 saturated carbocycles. The Labute approximate surface area is 115 Å². The molecule has 2 N–H and O–H groups in total. The van der Waals surface area contributed by atoms with Crippen LogP contribution in [-0.4, -0.2) is 21.3 Å². The maximum atomic E-state index is 6.26. The third-order valence-electron chi connectivity index (χ3n) is 3.19. The molecular weight excluding hydrogens is 242 g/mol. The molecule has 108 valence electrons. The number of nitrogens with two attached hydrogens (primary N) is 1. The van der Waals surface area contributed by atoms with Crippen molar-refractivity contribution >= 4 is 0 Å². The van der Waals surface area contributed by atoms with Crippen LogP contribution in [-0.2, 0) is 0 Å². The second-order valence-corrected chi connectivity index (χ2v) is 5.00. The summed E-state index contributed by atoms with van der Waals surface area (Å²) in [6.07, 6.45) is 2.00. The van der Waals surface area contributed by atoms with Crippen molar-refractivity contribution in [2.24, 2.45) is 11.7 Å². The average Bonchev–Trinajstić information content (AvgIpc) is 2.42. The van der Waals surface area contributed by atoms with Gasteiger partial charge < -0.3 is 19.9 Å². The number of hydrogen-bond donors (Lipinski definition) is 1. The first kappa shape index (κ1) is 15.6. The first-order chi connectivity index (χ1) is 9.04. The van der Waals surface area contributed by atoms with Gasteiger partial charge in [0, 0.05) is 11.6 Å². The van der Waals surface area contributed by atoms with Crippen molar-refractivity contribution in [2.45, 2.75) is 32.7 Å². The second kappa shape index (κ2) is 7.24. The van der Waals surface area contributed by atoms with Crippen LogP contribution in [0.2, 0.25) is 0 Å². The van der Waals surface area contributed by atoms with Crippen LogP contribution < -0.4 is 19.9 Å².